The molecule has 0 aliphatic carbocycles. The second kappa shape index (κ2) is 4.41. The van der Waals surface area contributed by atoms with E-state index in [1.165, 1.54) is 0 Å². The van der Waals surface area contributed by atoms with Gasteiger partial charge in [-0.15, -0.1) is 6.07 Å². The van der Waals surface area contributed by atoms with Gasteiger partial charge in [-0.2, -0.15) is 0 Å². The number of fused-ring (bicyclic) bond motifs is 1. The highest BCUT2D eigenvalue weighted by atomic mass is 16.5. The van der Waals surface area contributed by atoms with Crippen LogP contribution in [0.2, 0.25) is 0 Å². The summed E-state index contributed by atoms with van der Waals surface area (Å²) in [5.74, 6) is 0. The van der Waals surface area contributed by atoms with E-state index in [0.29, 0.717) is 5.52 Å². The molecule has 84 valence electrons. The van der Waals surface area contributed by atoms with E-state index in [4.69, 9.17) is 0 Å². The molecule has 0 spiro atoms. The average molecular weight is 217 g/mol. The summed E-state index contributed by atoms with van der Waals surface area (Å²) in [5.41, 5.74) is 0.697. The molecule has 2 aromatic rings. The molecule has 1 aromatic heterocycles. The van der Waals surface area contributed by atoms with Crippen LogP contribution in [0.5, 0.6) is 0 Å². The maximum absolute atomic E-state index is 11.8. The van der Waals surface area contributed by atoms with E-state index in [1.54, 1.807) is 23.4 Å². The lowest BCUT2D eigenvalue weighted by molar-refractivity contribution is -0.651. The number of para-hydroxylation sites is 1. The summed E-state index contributed by atoms with van der Waals surface area (Å²) >= 11 is 0. The van der Waals surface area contributed by atoms with Crippen molar-refractivity contribution in [3.8, 4) is 0 Å². The molecule has 2 rings (SSSR count). The summed E-state index contributed by atoms with van der Waals surface area (Å²) in [6, 6.07) is 9.11. The third-order valence-corrected chi connectivity index (χ3v) is 2.30. The number of nitrogens with zero attached hydrogens (tertiary/aromatic N) is 1. The molecular weight excluding hydrogens is 202 g/mol. The predicted octanol–water partition coefficient (Wildman–Crippen LogP) is 1.11. The Morgan fingerprint density at radius 2 is 2.06 bits per heavy atom. The maximum Gasteiger partial charge on any atom is 0.219 e. The van der Waals surface area contributed by atoms with Crippen molar-refractivity contribution in [2.45, 2.75) is 20.0 Å². The lowest BCUT2D eigenvalue weighted by Crippen LogP contribution is -2.39. The van der Waals surface area contributed by atoms with Crippen LogP contribution in [0.1, 0.15) is 13.8 Å². The molecule has 0 amide bonds. The number of ether oxygens (including phenoxy) is 1. The van der Waals surface area contributed by atoms with Gasteiger partial charge in [0.05, 0.1) is 5.52 Å². The Bertz CT molecular complexity index is 538. The van der Waals surface area contributed by atoms with Gasteiger partial charge >= 0.3 is 0 Å². The summed E-state index contributed by atoms with van der Waals surface area (Å²) in [6.07, 6.45) is 2.07. The van der Waals surface area contributed by atoms with Crippen molar-refractivity contribution in [1.82, 2.24) is 0 Å². The fraction of sp³-hybridized carbons (Fsp3) is 0.231. The maximum atomic E-state index is 11.8. The van der Waals surface area contributed by atoms with Crippen molar-refractivity contribution in [1.29, 1.82) is 0 Å². The molecule has 0 atom stereocenters. The standard InChI is InChI=1S/C13H15NO2/c1-10(2)16-9-14-8-4-6-11-5-3-7-12(15)13(11)14/h3-10,16H,1-2H3. The second-order valence-electron chi connectivity index (χ2n) is 3.97. The average Bonchev–Trinajstić information content (AvgIpc) is 2.26. The van der Waals surface area contributed by atoms with E-state index in [0.717, 1.165) is 5.39 Å². The quantitative estimate of drug-likeness (QED) is 0.431. The monoisotopic (exact) mass is 217 g/mol. The van der Waals surface area contributed by atoms with E-state index >= 15 is 0 Å². The lowest BCUT2D eigenvalue weighted by Gasteiger charge is -2.15. The van der Waals surface area contributed by atoms with Gasteiger partial charge in [-0.1, -0.05) is 23.6 Å². The largest absolute Gasteiger partial charge is 0.458 e. The number of aliphatic hydroxyl groups is 2. The van der Waals surface area contributed by atoms with Crippen LogP contribution < -0.4 is 10.00 Å². The van der Waals surface area contributed by atoms with Crippen molar-refractivity contribution in [2.75, 3.05) is 0 Å². The molecule has 1 N–H and O–H groups in total. The molecule has 0 saturated heterocycles. The molecule has 1 heterocycles. The highest BCUT2D eigenvalue weighted by Crippen LogP contribution is 2.03. The van der Waals surface area contributed by atoms with E-state index in [2.05, 4.69) is 4.74 Å². The number of hydrogen-bond acceptors (Lipinski definition) is 1. The van der Waals surface area contributed by atoms with E-state index in [-0.39, 0.29) is 11.5 Å². The fourth-order valence-electron chi connectivity index (χ4n) is 1.57. The van der Waals surface area contributed by atoms with E-state index in [1.807, 2.05) is 38.2 Å². The predicted molar refractivity (Wildman–Crippen MR) is 63.1 cm³/mol. The van der Waals surface area contributed by atoms with Gasteiger partial charge in [0, 0.05) is 13.8 Å². The molecule has 0 fully saturated rings. The Hall–Kier alpha value is -1.74. The third kappa shape index (κ3) is 2.09. The number of pyridine rings is 1. The fourth-order valence-corrected chi connectivity index (χ4v) is 1.57. The highest BCUT2D eigenvalue weighted by Gasteiger charge is 2.00. The summed E-state index contributed by atoms with van der Waals surface area (Å²) in [7, 11) is 0. The lowest BCUT2D eigenvalue weighted by atomic mass is 10.2. The van der Waals surface area contributed by atoms with Gasteiger partial charge in [0.2, 0.25) is 6.73 Å². The van der Waals surface area contributed by atoms with Gasteiger partial charge in [-0.3, -0.25) is 0 Å². The first-order chi connectivity index (χ1) is 7.68. The van der Waals surface area contributed by atoms with Gasteiger partial charge in [-0.05, 0) is 12.3 Å². The first-order valence-corrected chi connectivity index (χ1v) is 5.31. The van der Waals surface area contributed by atoms with E-state index in [9.17, 15) is 4.79 Å². The van der Waals surface area contributed by atoms with Crippen LogP contribution >= 0.6 is 0 Å². The molecule has 3 nitrogen and oxygen atoms in total. The van der Waals surface area contributed by atoms with Crippen LogP contribution in [0, 0.1) is 6.73 Å². The summed E-state index contributed by atoms with van der Waals surface area (Å²) in [5, 5.41) is 0.935. The molecule has 0 bridgehead atoms. The highest BCUT2D eigenvalue weighted by molar-refractivity contribution is 5.74. The molecule has 1 aromatic carbocycles. The Kier molecular flexibility index (Phi) is 2.97. The minimum absolute atomic E-state index is 0.0216. The van der Waals surface area contributed by atoms with Crippen molar-refractivity contribution in [3.63, 3.8) is 0 Å². The first kappa shape index (κ1) is 10.8. The minimum atomic E-state index is 0.0216. The number of benzene rings is 1. The summed E-state index contributed by atoms with van der Waals surface area (Å²) in [4.78, 5) is 11.8. The van der Waals surface area contributed by atoms with Gasteiger partial charge in [0.15, 0.2) is 0 Å². The summed E-state index contributed by atoms with van der Waals surface area (Å²) in [6.45, 7) is 5.70. The van der Waals surface area contributed by atoms with Gasteiger partial charge in [-0.25, -0.2) is 0 Å². The normalized spacial score (nSPS) is 10.9. The number of aromatic nitrogens is 1. The third-order valence-electron chi connectivity index (χ3n) is 2.30. The van der Waals surface area contributed by atoms with Gasteiger partial charge in [0.1, 0.15) is 11.5 Å². The van der Waals surface area contributed by atoms with Gasteiger partial charge in [0.25, 0.3) is 0 Å². The zero-order chi connectivity index (χ0) is 11.5. The zero-order valence-electron chi connectivity index (χ0n) is 9.42. The van der Waals surface area contributed by atoms with Crippen LogP contribution in [0.4, 0.5) is 0 Å². The van der Waals surface area contributed by atoms with Crippen LogP contribution in [0.25, 0.3) is 10.9 Å². The first-order valence-electron chi connectivity index (χ1n) is 5.31. The number of rotatable bonds is 3. The van der Waals surface area contributed by atoms with Crippen LogP contribution in [-0.2, 0) is 0 Å². The van der Waals surface area contributed by atoms with Crippen LogP contribution in [0.3, 0.4) is 0 Å². The van der Waals surface area contributed by atoms with Crippen molar-refractivity contribution in [3.05, 3.63) is 53.5 Å². The van der Waals surface area contributed by atoms with Crippen LogP contribution in [-0.4, -0.2) is 10.8 Å². The van der Waals surface area contributed by atoms with Crippen LogP contribution in [0.15, 0.2) is 41.3 Å². The molecule has 0 unspecified atom stereocenters. The second-order valence-corrected chi connectivity index (χ2v) is 3.97. The van der Waals surface area contributed by atoms with Crippen molar-refractivity contribution in [2.24, 2.45) is 0 Å². The topological polar surface area (TPSA) is 33.8 Å². The zero-order valence-corrected chi connectivity index (χ0v) is 9.42. The summed E-state index contributed by atoms with van der Waals surface area (Å²) < 4.78 is 6.06. The Morgan fingerprint density at radius 3 is 2.81 bits per heavy atom. The molecule has 0 saturated carbocycles. The molecule has 0 aliphatic rings. The Labute approximate surface area is 94.3 Å². The molecular formula is C13H15NO2. The molecule has 3 heteroatoms. The molecule has 0 radical (unpaired) electrons. The van der Waals surface area contributed by atoms with Crippen molar-refractivity contribution < 1.29 is 9.30 Å². The number of hydrogen-bond donors (Lipinski definition) is 0. The van der Waals surface area contributed by atoms with E-state index < -0.39 is 0 Å². The molecule has 16 heavy (non-hydrogen) atoms. The van der Waals surface area contributed by atoms with Crippen molar-refractivity contribution >= 4 is 10.9 Å². The Morgan fingerprint density at radius 1 is 1.31 bits per heavy atom. The molecule has 0 aliphatic heterocycles. The smallest absolute Gasteiger partial charge is 0.219 e. The SMILES string of the molecule is CC(C)[OH+][CH-][n+]1cccc2cccc(=O)[c-]21. The Balaban J connectivity index is 2.48. The van der Waals surface area contributed by atoms with Gasteiger partial charge < -0.3 is 14.1 Å². The minimum Gasteiger partial charge on any atom is -0.458 e.